The Kier molecular flexibility index (Phi) is 4.25. The molecule has 0 aromatic heterocycles. The molecule has 1 atom stereocenters. The molecule has 5 nitrogen and oxygen atoms in total. The fourth-order valence-corrected chi connectivity index (χ4v) is 4.63. The highest BCUT2D eigenvalue weighted by Gasteiger charge is 2.41. The van der Waals surface area contributed by atoms with Crippen molar-refractivity contribution in [1.29, 1.82) is 0 Å². The molecule has 0 aromatic carbocycles. The van der Waals surface area contributed by atoms with Gasteiger partial charge in [-0.3, -0.25) is 4.90 Å². The fraction of sp³-hybridized carbons (Fsp3) is 0.909. The first kappa shape index (κ1) is 14.2. The predicted octanol–water partition coefficient (Wildman–Crippen LogP) is 0.161. The molecule has 18 heavy (non-hydrogen) atoms. The molecule has 2 aliphatic rings. The van der Waals surface area contributed by atoms with Crippen molar-refractivity contribution in [2.24, 2.45) is 5.73 Å². The van der Waals surface area contributed by atoms with Gasteiger partial charge in [0.15, 0.2) is 0 Å². The first-order chi connectivity index (χ1) is 8.46. The summed E-state index contributed by atoms with van der Waals surface area (Å²) < 4.78 is 25.8. The van der Waals surface area contributed by atoms with Gasteiger partial charge in [-0.1, -0.05) is 19.1 Å². The van der Waals surface area contributed by atoms with Gasteiger partial charge in [0.1, 0.15) is 0 Å². The van der Waals surface area contributed by atoms with Crippen LogP contribution in [0.4, 0.5) is 0 Å². The van der Waals surface area contributed by atoms with Gasteiger partial charge in [-0.15, -0.1) is 0 Å². The van der Waals surface area contributed by atoms with Crippen LogP contribution in [-0.4, -0.2) is 60.1 Å². The fourth-order valence-electron chi connectivity index (χ4n) is 2.49. The summed E-state index contributed by atoms with van der Waals surface area (Å²) >= 11 is 5.06. The van der Waals surface area contributed by atoms with Crippen molar-refractivity contribution in [1.82, 2.24) is 9.21 Å². The SMILES string of the molecule is CCC(C(N)=S)N1CCN(S(=O)(=O)C2CC2)CC1. The second-order valence-corrected chi connectivity index (χ2v) is 7.69. The van der Waals surface area contributed by atoms with Gasteiger partial charge in [0.2, 0.25) is 10.0 Å². The van der Waals surface area contributed by atoms with Crippen molar-refractivity contribution in [3.05, 3.63) is 0 Å². The molecule has 1 heterocycles. The van der Waals surface area contributed by atoms with Gasteiger partial charge >= 0.3 is 0 Å². The van der Waals surface area contributed by atoms with Gasteiger partial charge < -0.3 is 5.73 Å². The summed E-state index contributed by atoms with van der Waals surface area (Å²) in [5.74, 6) is 0. The molecule has 104 valence electrons. The van der Waals surface area contributed by atoms with E-state index in [0.29, 0.717) is 18.1 Å². The Balaban J connectivity index is 1.93. The van der Waals surface area contributed by atoms with Gasteiger partial charge in [0.05, 0.1) is 16.3 Å². The summed E-state index contributed by atoms with van der Waals surface area (Å²) in [6.45, 7) is 4.64. The highest BCUT2D eigenvalue weighted by Crippen LogP contribution is 2.31. The predicted molar refractivity (Wildman–Crippen MR) is 76.0 cm³/mol. The van der Waals surface area contributed by atoms with Crippen LogP contribution < -0.4 is 5.73 Å². The molecule has 1 aliphatic heterocycles. The van der Waals surface area contributed by atoms with Crippen LogP contribution in [0, 0.1) is 0 Å². The molecule has 7 heteroatoms. The van der Waals surface area contributed by atoms with Crippen LogP contribution in [0.3, 0.4) is 0 Å². The summed E-state index contributed by atoms with van der Waals surface area (Å²) in [6, 6.07) is 0.103. The number of hydrogen-bond donors (Lipinski definition) is 1. The minimum Gasteiger partial charge on any atom is -0.392 e. The molecule has 1 saturated carbocycles. The Hall–Kier alpha value is -0.240. The van der Waals surface area contributed by atoms with Crippen LogP contribution in [0.1, 0.15) is 26.2 Å². The first-order valence-corrected chi connectivity index (χ1v) is 8.40. The lowest BCUT2D eigenvalue weighted by atomic mass is 10.1. The summed E-state index contributed by atoms with van der Waals surface area (Å²) in [4.78, 5) is 2.71. The zero-order valence-corrected chi connectivity index (χ0v) is 12.3. The Bertz CT molecular complexity index is 412. The third-order valence-corrected chi connectivity index (χ3v) is 6.41. The van der Waals surface area contributed by atoms with Crippen molar-refractivity contribution in [2.75, 3.05) is 26.2 Å². The van der Waals surface area contributed by atoms with E-state index in [1.807, 2.05) is 0 Å². The minimum absolute atomic E-state index is 0.103. The highest BCUT2D eigenvalue weighted by molar-refractivity contribution is 7.90. The lowest BCUT2D eigenvalue weighted by molar-refractivity contribution is 0.165. The van der Waals surface area contributed by atoms with E-state index in [1.165, 1.54) is 0 Å². The number of rotatable bonds is 5. The highest BCUT2D eigenvalue weighted by atomic mass is 32.2. The molecule has 2 fully saturated rings. The maximum Gasteiger partial charge on any atom is 0.217 e. The number of thiocarbonyl (C=S) groups is 1. The van der Waals surface area contributed by atoms with Crippen LogP contribution in [0.15, 0.2) is 0 Å². The molecule has 2 N–H and O–H groups in total. The van der Waals surface area contributed by atoms with Crippen LogP contribution in [0.5, 0.6) is 0 Å². The Labute approximate surface area is 114 Å². The van der Waals surface area contributed by atoms with E-state index in [4.69, 9.17) is 18.0 Å². The van der Waals surface area contributed by atoms with E-state index in [0.717, 1.165) is 32.4 Å². The minimum atomic E-state index is -3.02. The molecule has 1 saturated heterocycles. The van der Waals surface area contributed by atoms with E-state index >= 15 is 0 Å². The zero-order chi connectivity index (χ0) is 13.3. The maximum atomic E-state index is 12.1. The first-order valence-electron chi connectivity index (χ1n) is 6.49. The van der Waals surface area contributed by atoms with Gasteiger partial charge in [-0.05, 0) is 19.3 Å². The molecule has 0 amide bonds. The van der Waals surface area contributed by atoms with Crippen LogP contribution in [0.2, 0.25) is 0 Å². The summed E-state index contributed by atoms with van der Waals surface area (Å²) in [7, 11) is -3.02. The molecule has 0 spiro atoms. The second-order valence-electron chi connectivity index (χ2n) is 5.01. The number of nitrogens with zero attached hydrogens (tertiary/aromatic N) is 2. The normalized spacial score (nSPS) is 24.9. The topological polar surface area (TPSA) is 66.6 Å². The van der Waals surface area contributed by atoms with Crippen LogP contribution in [0.25, 0.3) is 0 Å². The lowest BCUT2D eigenvalue weighted by Gasteiger charge is -2.38. The van der Waals surface area contributed by atoms with E-state index in [9.17, 15) is 8.42 Å². The second kappa shape index (κ2) is 5.40. The van der Waals surface area contributed by atoms with Crippen molar-refractivity contribution < 1.29 is 8.42 Å². The van der Waals surface area contributed by atoms with Crippen molar-refractivity contribution >= 4 is 27.2 Å². The third kappa shape index (κ3) is 2.84. The summed E-state index contributed by atoms with van der Waals surface area (Å²) in [5.41, 5.74) is 5.71. The molecular formula is C11H21N3O2S2. The van der Waals surface area contributed by atoms with Crippen molar-refractivity contribution in [3.63, 3.8) is 0 Å². The number of hydrogen-bond acceptors (Lipinski definition) is 4. The molecule has 0 radical (unpaired) electrons. The van der Waals surface area contributed by atoms with E-state index < -0.39 is 10.0 Å². The Morgan fingerprint density at radius 3 is 2.28 bits per heavy atom. The largest absolute Gasteiger partial charge is 0.392 e. The molecule has 0 bridgehead atoms. The van der Waals surface area contributed by atoms with Gasteiger partial charge in [0.25, 0.3) is 0 Å². The summed E-state index contributed by atoms with van der Waals surface area (Å²) in [6.07, 6.45) is 2.53. The third-order valence-electron chi connectivity index (χ3n) is 3.73. The zero-order valence-electron chi connectivity index (χ0n) is 10.7. The average molecular weight is 291 g/mol. The van der Waals surface area contributed by atoms with E-state index in [2.05, 4.69) is 11.8 Å². The molecule has 1 unspecified atom stereocenters. The Morgan fingerprint density at radius 1 is 1.33 bits per heavy atom. The summed E-state index contributed by atoms with van der Waals surface area (Å²) in [5, 5.41) is -0.110. The standard InChI is InChI=1S/C11H21N3O2S2/c1-2-10(11(12)17)13-5-7-14(8-6-13)18(15,16)9-3-4-9/h9-10H,2-8H2,1H3,(H2,12,17). The van der Waals surface area contributed by atoms with Crippen LogP contribution >= 0.6 is 12.2 Å². The average Bonchev–Trinajstić information content (AvgIpc) is 3.14. The van der Waals surface area contributed by atoms with Gasteiger partial charge in [0, 0.05) is 26.2 Å². The monoisotopic (exact) mass is 291 g/mol. The van der Waals surface area contributed by atoms with E-state index in [1.54, 1.807) is 4.31 Å². The van der Waals surface area contributed by atoms with E-state index in [-0.39, 0.29) is 11.3 Å². The molecule has 1 aliphatic carbocycles. The smallest absolute Gasteiger partial charge is 0.217 e. The molecular weight excluding hydrogens is 270 g/mol. The van der Waals surface area contributed by atoms with Crippen LogP contribution in [-0.2, 0) is 10.0 Å². The van der Waals surface area contributed by atoms with Gasteiger partial charge in [-0.2, -0.15) is 4.31 Å². The number of nitrogens with two attached hydrogens (primary N) is 1. The van der Waals surface area contributed by atoms with Crippen molar-refractivity contribution in [3.8, 4) is 0 Å². The van der Waals surface area contributed by atoms with Crippen molar-refractivity contribution in [2.45, 2.75) is 37.5 Å². The quantitative estimate of drug-likeness (QED) is 0.731. The number of sulfonamides is 1. The number of piperazine rings is 1. The maximum absolute atomic E-state index is 12.1. The van der Waals surface area contributed by atoms with Gasteiger partial charge in [-0.25, -0.2) is 8.42 Å². The molecule has 2 rings (SSSR count). The molecule has 0 aromatic rings. The lowest BCUT2D eigenvalue weighted by Crippen LogP contribution is -2.55. The Morgan fingerprint density at radius 2 is 1.89 bits per heavy atom.